The third kappa shape index (κ3) is 1.93. The third-order valence-electron chi connectivity index (χ3n) is 7.35. The molecule has 5 nitrogen and oxygen atoms in total. The minimum atomic E-state index is -0.834. The summed E-state index contributed by atoms with van der Waals surface area (Å²) < 4.78 is 5.70. The first-order chi connectivity index (χ1) is 10.9. The summed E-state index contributed by atoms with van der Waals surface area (Å²) in [6, 6.07) is 0. The molecule has 2 bridgehead atoms. The fraction of sp³-hybridized carbons (Fsp3) is 0.944. The van der Waals surface area contributed by atoms with Crippen LogP contribution in [0.15, 0.2) is 0 Å². The van der Waals surface area contributed by atoms with Crippen LogP contribution in [-0.4, -0.2) is 57.5 Å². The van der Waals surface area contributed by atoms with Crippen LogP contribution in [0.5, 0.6) is 0 Å². The van der Waals surface area contributed by atoms with Crippen molar-refractivity contribution in [2.75, 3.05) is 13.1 Å². The Morgan fingerprint density at radius 3 is 2.74 bits per heavy atom. The van der Waals surface area contributed by atoms with Gasteiger partial charge in [0.2, 0.25) is 0 Å². The smallest absolute Gasteiger partial charge is 0.302 e. The summed E-state index contributed by atoms with van der Waals surface area (Å²) in [6.07, 6.45) is 4.59. The van der Waals surface area contributed by atoms with Gasteiger partial charge in [0.05, 0.1) is 17.2 Å². The standard InChI is InChI=1S/C18H29NO4/c1-11-10-17-13-5-3-7-19(17)8-4-6-18(17,22)14(16(11)21)9-15(13)23-12(2)20/h11,13-16,21-22H,3-10H2,1-2H3/t11-,13?,14+,15+,16+,17-,18-/m0/s1. The van der Waals surface area contributed by atoms with Crippen molar-refractivity contribution in [2.24, 2.45) is 17.8 Å². The van der Waals surface area contributed by atoms with E-state index in [4.69, 9.17) is 4.74 Å². The van der Waals surface area contributed by atoms with Crippen molar-refractivity contribution in [1.29, 1.82) is 0 Å². The fourth-order valence-electron chi connectivity index (χ4n) is 6.68. The molecule has 1 spiro atoms. The van der Waals surface area contributed by atoms with Gasteiger partial charge >= 0.3 is 5.97 Å². The van der Waals surface area contributed by atoms with Crippen molar-refractivity contribution >= 4 is 5.97 Å². The van der Waals surface area contributed by atoms with Gasteiger partial charge in [-0.2, -0.15) is 0 Å². The molecule has 0 radical (unpaired) electrons. The molecule has 2 aliphatic carbocycles. The Morgan fingerprint density at radius 1 is 1.26 bits per heavy atom. The fourth-order valence-corrected chi connectivity index (χ4v) is 6.68. The second-order valence-corrected chi connectivity index (χ2v) is 8.35. The molecule has 0 aromatic heterocycles. The Kier molecular flexibility index (Phi) is 3.56. The monoisotopic (exact) mass is 323 g/mol. The minimum Gasteiger partial charge on any atom is -0.462 e. The number of nitrogens with zero attached hydrogens (tertiary/aromatic N) is 1. The highest BCUT2D eigenvalue weighted by molar-refractivity contribution is 5.66. The molecule has 4 rings (SSSR count). The minimum absolute atomic E-state index is 0.166. The molecule has 0 aromatic carbocycles. The van der Waals surface area contributed by atoms with E-state index >= 15 is 0 Å². The summed E-state index contributed by atoms with van der Waals surface area (Å²) in [6.45, 7) is 5.60. The molecule has 5 heteroatoms. The summed E-state index contributed by atoms with van der Waals surface area (Å²) in [7, 11) is 0. The van der Waals surface area contributed by atoms with Gasteiger partial charge in [-0.15, -0.1) is 0 Å². The maximum atomic E-state index is 11.8. The number of hydrogen-bond donors (Lipinski definition) is 2. The lowest BCUT2D eigenvalue weighted by atomic mass is 9.45. The van der Waals surface area contributed by atoms with Gasteiger partial charge in [-0.05, 0) is 57.5 Å². The van der Waals surface area contributed by atoms with E-state index < -0.39 is 11.7 Å². The Bertz CT molecular complexity index is 509. The predicted molar refractivity (Wildman–Crippen MR) is 84.7 cm³/mol. The van der Waals surface area contributed by atoms with Crippen LogP contribution < -0.4 is 0 Å². The molecule has 0 aromatic rings. The zero-order chi connectivity index (χ0) is 16.4. The molecule has 2 heterocycles. The molecule has 4 fully saturated rings. The van der Waals surface area contributed by atoms with Crippen LogP contribution in [0.3, 0.4) is 0 Å². The van der Waals surface area contributed by atoms with Crippen molar-refractivity contribution < 1.29 is 19.7 Å². The maximum Gasteiger partial charge on any atom is 0.302 e. The molecular weight excluding hydrogens is 294 g/mol. The van der Waals surface area contributed by atoms with Gasteiger partial charge in [0, 0.05) is 18.8 Å². The lowest BCUT2D eigenvalue weighted by molar-refractivity contribution is -0.301. The first-order valence-electron chi connectivity index (χ1n) is 9.23. The number of aliphatic hydroxyl groups excluding tert-OH is 1. The number of aliphatic hydroxyl groups is 2. The molecule has 2 saturated heterocycles. The zero-order valence-electron chi connectivity index (χ0n) is 14.2. The lowest BCUT2D eigenvalue weighted by Crippen LogP contribution is -2.82. The first kappa shape index (κ1) is 15.9. The van der Waals surface area contributed by atoms with Crippen LogP contribution in [0.2, 0.25) is 0 Å². The molecule has 7 atom stereocenters. The molecule has 1 unspecified atom stereocenters. The normalized spacial score (nSPS) is 52.6. The van der Waals surface area contributed by atoms with Crippen LogP contribution in [0.1, 0.15) is 52.4 Å². The largest absolute Gasteiger partial charge is 0.462 e. The van der Waals surface area contributed by atoms with E-state index in [0.717, 1.165) is 45.2 Å². The summed E-state index contributed by atoms with van der Waals surface area (Å²) >= 11 is 0. The Balaban J connectivity index is 1.83. The predicted octanol–water partition coefficient (Wildman–Crippen LogP) is 1.31. The second kappa shape index (κ2) is 5.17. The molecule has 130 valence electrons. The number of esters is 1. The van der Waals surface area contributed by atoms with E-state index in [0.29, 0.717) is 6.42 Å². The number of ether oxygens (including phenoxy) is 1. The molecule has 0 amide bonds. The van der Waals surface area contributed by atoms with Gasteiger partial charge in [-0.25, -0.2) is 0 Å². The average molecular weight is 323 g/mol. The molecule has 2 aliphatic heterocycles. The van der Waals surface area contributed by atoms with E-state index in [2.05, 4.69) is 11.8 Å². The van der Waals surface area contributed by atoms with E-state index in [1.54, 1.807) is 0 Å². The highest BCUT2D eigenvalue weighted by Crippen LogP contribution is 2.62. The Labute approximate surface area is 138 Å². The quantitative estimate of drug-likeness (QED) is 0.712. The van der Waals surface area contributed by atoms with Crippen LogP contribution in [0, 0.1) is 17.8 Å². The summed E-state index contributed by atoms with van der Waals surface area (Å²) in [5.74, 6) is -0.0606. The van der Waals surface area contributed by atoms with Crippen molar-refractivity contribution in [3.63, 3.8) is 0 Å². The van der Waals surface area contributed by atoms with Gasteiger partial charge in [-0.3, -0.25) is 9.69 Å². The molecule has 4 aliphatic rings. The maximum absolute atomic E-state index is 11.8. The number of carbonyl (C=O) groups is 1. The highest BCUT2D eigenvalue weighted by Gasteiger charge is 2.72. The number of rotatable bonds is 1. The van der Waals surface area contributed by atoms with Gasteiger partial charge in [0.15, 0.2) is 0 Å². The molecular formula is C18H29NO4. The SMILES string of the molecule is CC(=O)O[C@@H]1C[C@@H]2[C@H](O)[C@@H](C)C[C@@]34C1CCCN3CCC[C@]24O. The van der Waals surface area contributed by atoms with E-state index in [9.17, 15) is 15.0 Å². The highest BCUT2D eigenvalue weighted by atomic mass is 16.5. The van der Waals surface area contributed by atoms with Crippen molar-refractivity contribution in [2.45, 2.75) is 75.7 Å². The number of hydrogen-bond acceptors (Lipinski definition) is 5. The lowest BCUT2D eigenvalue weighted by Gasteiger charge is -2.72. The van der Waals surface area contributed by atoms with Gasteiger partial charge in [0.1, 0.15) is 6.10 Å². The third-order valence-corrected chi connectivity index (χ3v) is 7.35. The second-order valence-electron chi connectivity index (χ2n) is 8.35. The van der Waals surface area contributed by atoms with Crippen LogP contribution in [0.25, 0.3) is 0 Å². The summed E-state index contributed by atoms with van der Waals surface area (Å²) in [4.78, 5) is 14.1. The zero-order valence-corrected chi connectivity index (χ0v) is 14.2. The molecule has 2 N–H and O–H groups in total. The van der Waals surface area contributed by atoms with Crippen LogP contribution in [0.4, 0.5) is 0 Å². The van der Waals surface area contributed by atoms with Gasteiger partial charge < -0.3 is 14.9 Å². The summed E-state index contributed by atoms with van der Waals surface area (Å²) in [5, 5.41) is 22.6. The van der Waals surface area contributed by atoms with E-state index in [-0.39, 0.29) is 35.4 Å². The van der Waals surface area contributed by atoms with Crippen LogP contribution >= 0.6 is 0 Å². The number of piperidine rings is 2. The Hall–Kier alpha value is -0.650. The van der Waals surface area contributed by atoms with E-state index in [1.807, 2.05) is 0 Å². The van der Waals surface area contributed by atoms with Gasteiger partial charge in [-0.1, -0.05) is 6.92 Å². The Morgan fingerprint density at radius 2 is 2.00 bits per heavy atom. The average Bonchev–Trinajstić information content (AvgIpc) is 2.48. The molecule has 2 saturated carbocycles. The van der Waals surface area contributed by atoms with E-state index in [1.165, 1.54) is 6.92 Å². The summed E-state index contributed by atoms with van der Waals surface area (Å²) in [5.41, 5.74) is -1.15. The molecule has 23 heavy (non-hydrogen) atoms. The van der Waals surface area contributed by atoms with Crippen LogP contribution in [-0.2, 0) is 9.53 Å². The van der Waals surface area contributed by atoms with Crippen molar-refractivity contribution in [3.8, 4) is 0 Å². The van der Waals surface area contributed by atoms with Crippen molar-refractivity contribution in [1.82, 2.24) is 4.90 Å². The first-order valence-corrected chi connectivity index (χ1v) is 9.23. The topological polar surface area (TPSA) is 70.0 Å². The van der Waals surface area contributed by atoms with Gasteiger partial charge in [0.25, 0.3) is 0 Å². The van der Waals surface area contributed by atoms with Crippen molar-refractivity contribution in [3.05, 3.63) is 0 Å². The number of carbonyl (C=O) groups excluding carboxylic acids is 1.